The lowest BCUT2D eigenvalue weighted by Gasteiger charge is -2.08. The fourth-order valence-electron chi connectivity index (χ4n) is 2.74. The van der Waals surface area contributed by atoms with Gasteiger partial charge in [-0.15, -0.1) is 0 Å². The van der Waals surface area contributed by atoms with Gasteiger partial charge in [-0.05, 0) is 30.7 Å². The van der Waals surface area contributed by atoms with Crippen LogP contribution in [0.5, 0.6) is 5.75 Å². The van der Waals surface area contributed by atoms with Gasteiger partial charge < -0.3 is 14.9 Å². The largest absolute Gasteiger partial charge is 0.481 e. The van der Waals surface area contributed by atoms with Crippen LogP contribution >= 0.6 is 0 Å². The van der Waals surface area contributed by atoms with E-state index in [0.717, 1.165) is 0 Å². The van der Waals surface area contributed by atoms with Crippen LogP contribution in [0.1, 0.15) is 51.6 Å². The molecule has 32 heavy (non-hydrogen) atoms. The summed E-state index contributed by atoms with van der Waals surface area (Å²) < 4.78 is 4.69. The minimum atomic E-state index is -1.11. The van der Waals surface area contributed by atoms with Crippen LogP contribution in [0.4, 0.5) is 0 Å². The number of carbonyl (C=O) groups excluding carboxylic acids is 2. The summed E-state index contributed by atoms with van der Waals surface area (Å²) in [4.78, 5) is 44.4. The maximum absolute atomic E-state index is 12.2. The highest BCUT2D eigenvalue weighted by atomic mass is 16.5. The second-order valence-corrected chi connectivity index (χ2v) is 6.78. The minimum Gasteiger partial charge on any atom is -0.481 e. The maximum Gasteiger partial charge on any atom is 0.339 e. The van der Waals surface area contributed by atoms with Crippen LogP contribution in [0.3, 0.4) is 0 Å². The highest BCUT2D eigenvalue weighted by Gasteiger charge is 2.16. The molecule has 3 aromatic carbocycles. The third kappa shape index (κ3) is 6.63. The summed E-state index contributed by atoms with van der Waals surface area (Å²) in [6, 6.07) is 21.7. The van der Waals surface area contributed by atoms with Crippen molar-refractivity contribution in [3.8, 4) is 5.75 Å². The molecule has 0 spiro atoms. The van der Waals surface area contributed by atoms with Gasteiger partial charge in [0, 0.05) is 18.1 Å². The molecule has 7 heteroatoms. The van der Waals surface area contributed by atoms with E-state index in [1.54, 1.807) is 67.6 Å². The third-order valence-electron chi connectivity index (χ3n) is 4.43. The van der Waals surface area contributed by atoms with Gasteiger partial charge in [-0.2, -0.15) is 0 Å². The molecule has 0 saturated heterocycles. The molecule has 0 aliphatic carbocycles. The zero-order valence-electron chi connectivity index (χ0n) is 17.5. The van der Waals surface area contributed by atoms with Crippen molar-refractivity contribution in [3.63, 3.8) is 0 Å². The SMILES string of the molecule is CC(=O)Oc1ccccc1C(=O)O.CC(C(=O)O)c1cccc(C(=O)c2ccccc2)c1. The van der Waals surface area contributed by atoms with Crippen molar-refractivity contribution in [2.45, 2.75) is 19.8 Å². The van der Waals surface area contributed by atoms with Gasteiger partial charge in [0.1, 0.15) is 11.3 Å². The number of aliphatic carboxylic acids is 1. The Labute approximate surface area is 184 Å². The summed E-state index contributed by atoms with van der Waals surface area (Å²) in [5.41, 5.74) is 1.73. The Balaban J connectivity index is 0.000000244. The Morgan fingerprint density at radius 2 is 1.38 bits per heavy atom. The zero-order valence-corrected chi connectivity index (χ0v) is 17.5. The summed E-state index contributed by atoms with van der Waals surface area (Å²) in [6.07, 6.45) is 0. The predicted octanol–water partition coefficient (Wildman–Crippen LogP) is 4.42. The van der Waals surface area contributed by atoms with E-state index in [2.05, 4.69) is 4.74 Å². The number of benzene rings is 3. The molecule has 0 fully saturated rings. The van der Waals surface area contributed by atoms with E-state index in [4.69, 9.17) is 10.2 Å². The van der Waals surface area contributed by atoms with Crippen LogP contribution in [-0.4, -0.2) is 33.9 Å². The lowest BCUT2D eigenvalue weighted by atomic mass is 9.96. The Morgan fingerprint density at radius 3 is 1.97 bits per heavy atom. The van der Waals surface area contributed by atoms with E-state index >= 15 is 0 Å². The average molecular weight is 434 g/mol. The normalized spacial score (nSPS) is 10.8. The van der Waals surface area contributed by atoms with Crippen molar-refractivity contribution in [1.29, 1.82) is 0 Å². The van der Waals surface area contributed by atoms with E-state index in [1.165, 1.54) is 19.1 Å². The van der Waals surface area contributed by atoms with Crippen molar-refractivity contribution in [2.75, 3.05) is 0 Å². The summed E-state index contributed by atoms with van der Waals surface area (Å²) in [6.45, 7) is 2.83. The number of carbonyl (C=O) groups is 4. The van der Waals surface area contributed by atoms with Gasteiger partial charge in [0.2, 0.25) is 0 Å². The maximum atomic E-state index is 12.2. The number of aromatic carboxylic acids is 1. The zero-order chi connectivity index (χ0) is 23.7. The number of carboxylic acid groups (broad SMARTS) is 2. The number of rotatable bonds is 6. The van der Waals surface area contributed by atoms with Crippen LogP contribution in [-0.2, 0) is 9.59 Å². The van der Waals surface area contributed by atoms with E-state index in [9.17, 15) is 19.2 Å². The van der Waals surface area contributed by atoms with Gasteiger partial charge >= 0.3 is 17.9 Å². The van der Waals surface area contributed by atoms with Gasteiger partial charge in [0.25, 0.3) is 0 Å². The fraction of sp³-hybridized carbons (Fsp3) is 0.120. The van der Waals surface area contributed by atoms with E-state index in [0.29, 0.717) is 16.7 Å². The van der Waals surface area contributed by atoms with Crippen LogP contribution < -0.4 is 4.74 Å². The molecule has 7 nitrogen and oxygen atoms in total. The highest BCUT2D eigenvalue weighted by molar-refractivity contribution is 6.09. The van der Waals surface area contributed by atoms with Crippen LogP contribution in [0.15, 0.2) is 78.9 Å². The molecule has 1 unspecified atom stereocenters. The fourth-order valence-corrected chi connectivity index (χ4v) is 2.74. The second kappa shape index (κ2) is 11.2. The first-order valence-corrected chi connectivity index (χ1v) is 9.64. The molecule has 0 aromatic heterocycles. The standard InChI is InChI=1S/C16H14O3.C9H8O4/c1-11(16(18)19)13-8-5-9-14(10-13)15(17)12-6-3-2-4-7-12;1-6(10)13-8-5-3-2-4-7(8)9(11)12/h2-11H,1H3,(H,18,19);2-5H,1H3,(H,11,12). The molecular formula is C25H22O7. The summed E-state index contributed by atoms with van der Waals surface area (Å²) in [7, 11) is 0. The summed E-state index contributed by atoms with van der Waals surface area (Å²) in [5, 5.41) is 17.7. The first kappa shape index (κ1) is 24.0. The highest BCUT2D eigenvalue weighted by Crippen LogP contribution is 2.19. The molecule has 0 radical (unpaired) electrons. The predicted molar refractivity (Wildman–Crippen MR) is 117 cm³/mol. The smallest absolute Gasteiger partial charge is 0.339 e. The molecule has 0 heterocycles. The summed E-state index contributed by atoms with van der Waals surface area (Å²) >= 11 is 0. The van der Waals surface area contributed by atoms with Crippen molar-refractivity contribution in [1.82, 2.24) is 0 Å². The van der Waals surface area contributed by atoms with Gasteiger partial charge in [-0.3, -0.25) is 14.4 Å². The number of para-hydroxylation sites is 1. The molecule has 164 valence electrons. The van der Waals surface area contributed by atoms with Crippen LogP contribution in [0.2, 0.25) is 0 Å². The molecule has 0 saturated carbocycles. The topological polar surface area (TPSA) is 118 Å². The van der Waals surface area contributed by atoms with E-state index in [-0.39, 0.29) is 17.1 Å². The van der Waals surface area contributed by atoms with Gasteiger partial charge in [0.15, 0.2) is 5.78 Å². The molecule has 0 aliphatic rings. The average Bonchev–Trinajstić information content (AvgIpc) is 2.79. The number of ketones is 1. The molecule has 3 aromatic rings. The van der Waals surface area contributed by atoms with E-state index in [1.807, 2.05) is 6.07 Å². The molecule has 0 amide bonds. The number of hydrogen-bond donors (Lipinski definition) is 2. The molecule has 2 N–H and O–H groups in total. The molecular weight excluding hydrogens is 412 g/mol. The Hall–Kier alpha value is -4.26. The molecule has 3 rings (SSSR count). The van der Waals surface area contributed by atoms with Crippen LogP contribution in [0, 0.1) is 0 Å². The lowest BCUT2D eigenvalue weighted by Crippen LogP contribution is -2.09. The molecule has 0 bridgehead atoms. The van der Waals surface area contributed by atoms with Gasteiger partial charge in [-0.25, -0.2) is 4.79 Å². The lowest BCUT2D eigenvalue weighted by molar-refractivity contribution is -0.138. The Kier molecular flexibility index (Phi) is 8.42. The monoisotopic (exact) mass is 434 g/mol. The number of ether oxygens (including phenoxy) is 1. The van der Waals surface area contributed by atoms with Gasteiger partial charge in [0.05, 0.1) is 5.92 Å². The molecule has 0 aliphatic heterocycles. The number of carboxylic acids is 2. The minimum absolute atomic E-state index is 0.0160. The Morgan fingerprint density at radius 1 is 0.781 bits per heavy atom. The van der Waals surface area contributed by atoms with E-state index < -0.39 is 23.8 Å². The first-order valence-electron chi connectivity index (χ1n) is 9.64. The Bertz CT molecular complexity index is 1120. The van der Waals surface area contributed by atoms with Crippen molar-refractivity contribution >= 4 is 23.7 Å². The third-order valence-corrected chi connectivity index (χ3v) is 4.43. The quantitative estimate of drug-likeness (QED) is 0.335. The molecule has 1 atom stereocenters. The number of esters is 1. The number of hydrogen-bond acceptors (Lipinski definition) is 5. The van der Waals surface area contributed by atoms with Crippen LogP contribution in [0.25, 0.3) is 0 Å². The van der Waals surface area contributed by atoms with Crippen molar-refractivity contribution in [3.05, 3.63) is 101 Å². The van der Waals surface area contributed by atoms with Crippen molar-refractivity contribution in [2.24, 2.45) is 0 Å². The summed E-state index contributed by atoms with van der Waals surface area (Å²) in [5.74, 6) is -3.19. The van der Waals surface area contributed by atoms with Crippen molar-refractivity contribution < 1.29 is 34.1 Å². The van der Waals surface area contributed by atoms with Gasteiger partial charge in [-0.1, -0.05) is 60.7 Å². The second-order valence-electron chi connectivity index (χ2n) is 6.78. The first-order chi connectivity index (χ1) is 15.2.